The van der Waals surface area contributed by atoms with E-state index in [1.54, 1.807) is 19.1 Å². The van der Waals surface area contributed by atoms with Crippen LogP contribution in [0.4, 0.5) is 30.9 Å². The molecule has 0 radical (unpaired) electrons. The first-order valence-electron chi connectivity index (χ1n) is 9.83. The lowest BCUT2D eigenvalue weighted by Gasteiger charge is -2.20. The molecule has 2 aromatic heterocycles. The Morgan fingerprint density at radius 2 is 1.97 bits per heavy atom. The Morgan fingerprint density at radius 1 is 1.18 bits per heavy atom. The van der Waals surface area contributed by atoms with E-state index in [1.807, 2.05) is 0 Å². The predicted octanol–water partition coefficient (Wildman–Crippen LogP) is 3.85. The number of nitrogens with zero attached hydrogens (tertiary/aromatic N) is 5. The Labute approximate surface area is 192 Å². The van der Waals surface area contributed by atoms with Gasteiger partial charge in [0.25, 0.3) is 5.91 Å². The zero-order chi connectivity index (χ0) is 24.4. The van der Waals surface area contributed by atoms with E-state index < -0.39 is 18.5 Å². The maximum atomic E-state index is 13.2. The van der Waals surface area contributed by atoms with Gasteiger partial charge in [0.1, 0.15) is 18.0 Å². The molecule has 2 N–H and O–H groups in total. The molecule has 0 saturated carbocycles. The van der Waals surface area contributed by atoms with Gasteiger partial charge in [0.2, 0.25) is 11.8 Å². The molecule has 3 aromatic rings. The number of pyridine rings is 1. The number of ether oxygens (including phenoxy) is 2. The third-order valence-electron chi connectivity index (χ3n) is 4.74. The highest BCUT2D eigenvalue weighted by Gasteiger charge is 2.39. The number of carbonyl (C=O) groups is 2. The fourth-order valence-electron chi connectivity index (χ4n) is 3.31. The van der Waals surface area contributed by atoms with Crippen molar-refractivity contribution in [2.45, 2.75) is 13.5 Å². The second kappa shape index (κ2) is 9.10. The molecule has 0 bridgehead atoms. The highest BCUT2D eigenvalue weighted by atomic mass is 19.3. The van der Waals surface area contributed by atoms with Gasteiger partial charge in [0.05, 0.1) is 23.8 Å². The van der Waals surface area contributed by atoms with Gasteiger partial charge in [-0.15, -0.1) is 0 Å². The summed E-state index contributed by atoms with van der Waals surface area (Å²) in [5.74, 6) is -0.131. The number of halogens is 2. The lowest BCUT2D eigenvalue weighted by molar-refractivity contribution is -0.115. The minimum absolute atomic E-state index is 0.0418. The van der Waals surface area contributed by atoms with E-state index >= 15 is 0 Å². The number of nitrogens with two attached hydrogens (primary N) is 1. The molecule has 1 fully saturated rings. The molecule has 10 nitrogen and oxygen atoms in total. The molecule has 3 amide bonds. The standard InChI is InChI=1S/C22H18F2N6O4/c1-12(2)16-8-14(33-18-5-6-27-21(25)28-18)3-4-17(16)30-19(31)11-29(22(30)32)13-7-15(10-26-9-13)34-20(23)24/h3-10,20H,1,11H2,2H3,(H2,25,27,28). The van der Waals surface area contributed by atoms with Gasteiger partial charge in [0.15, 0.2) is 0 Å². The molecule has 34 heavy (non-hydrogen) atoms. The molecule has 1 aliphatic heterocycles. The van der Waals surface area contributed by atoms with Crippen LogP contribution in [-0.4, -0.2) is 40.0 Å². The van der Waals surface area contributed by atoms with Crippen LogP contribution < -0.4 is 25.0 Å². The lowest BCUT2D eigenvalue weighted by atomic mass is 10.1. The van der Waals surface area contributed by atoms with Gasteiger partial charge in [-0.25, -0.2) is 14.7 Å². The summed E-state index contributed by atoms with van der Waals surface area (Å²) in [4.78, 5) is 39.7. The molecule has 0 aliphatic carbocycles. The zero-order valence-corrected chi connectivity index (χ0v) is 17.8. The number of aromatic nitrogens is 3. The molecule has 0 atom stereocenters. The van der Waals surface area contributed by atoms with Crippen LogP contribution in [-0.2, 0) is 4.79 Å². The van der Waals surface area contributed by atoms with Crippen molar-refractivity contribution < 1.29 is 27.8 Å². The van der Waals surface area contributed by atoms with E-state index in [2.05, 4.69) is 26.3 Å². The summed E-state index contributed by atoms with van der Waals surface area (Å²) < 4.78 is 35.1. The molecule has 0 unspecified atom stereocenters. The Hall–Kier alpha value is -4.61. The maximum Gasteiger partial charge on any atom is 0.387 e. The quantitative estimate of drug-likeness (QED) is 0.519. The number of carbonyl (C=O) groups excluding carboxylic acids is 2. The minimum atomic E-state index is -3.05. The van der Waals surface area contributed by atoms with Crippen molar-refractivity contribution in [3.05, 3.63) is 61.1 Å². The molecule has 1 aromatic carbocycles. The van der Waals surface area contributed by atoms with Crippen LogP contribution in [0.5, 0.6) is 17.4 Å². The molecule has 4 rings (SSSR count). The topological polar surface area (TPSA) is 124 Å². The smallest absolute Gasteiger partial charge is 0.387 e. The molecule has 1 saturated heterocycles. The van der Waals surface area contributed by atoms with Crippen molar-refractivity contribution in [2.75, 3.05) is 22.1 Å². The normalized spacial score (nSPS) is 13.5. The highest BCUT2D eigenvalue weighted by molar-refractivity contribution is 6.27. The van der Waals surface area contributed by atoms with E-state index in [0.717, 1.165) is 16.0 Å². The predicted molar refractivity (Wildman–Crippen MR) is 119 cm³/mol. The Balaban J connectivity index is 1.64. The van der Waals surface area contributed by atoms with Crippen LogP contribution >= 0.6 is 0 Å². The number of hydrogen-bond donors (Lipinski definition) is 1. The number of anilines is 3. The van der Waals surface area contributed by atoms with Crippen LogP contribution in [0.15, 0.2) is 55.5 Å². The maximum absolute atomic E-state index is 13.2. The Bertz CT molecular complexity index is 1290. The summed E-state index contributed by atoms with van der Waals surface area (Å²) in [6.45, 7) is 2.27. The molecular weight excluding hydrogens is 450 g/mol. The van der Waals surface area contributed by atoms with Crippen LogP contribution in [0.2, 0.25) is 0 Å². The number of alkyl halides is 2. The van der Waals surface area contributed by atoms with Crippen molar-refractivity contribution in [2.24, 2.45) is 0 Å². The summed E-state index contributed by atoms with van der Waals surface area (Å²) in [6.07, 6.45) is 3.80. The van der Waals surface area contributed by atoms with Gasteiger partial charge in [0, 0.05) is 23.9 Å². The number of benzene rings is 1. The summed E-state index contributed by atoms with van der Waals surface area (Å²) >= 11 is 0. The van der Waals surface area contributed by atoms with Gasteiger partial charge in [-0.3, -0.25) is 14.7 Å². The van der Waals surface area contributed by atoms with Crippen molar-refractivity contribution in [3.8, 4) is 17.4 Å². The number of nitrogen functional groups attached to an aromatic ring is 1. The van der Waals surface area contributed by atoms with Crippen LogP contribution in [0.1, 0.15) is 12.5 Å². The average Bonchev–Trinajstić information content (AvgIpc) is 3.07. The highest BCUT2D eigenvalue weighted by Crippen LogP contribution is 2.35. The molecule has 0 spiro atoms. The van der Waals surface area contributed by atoms with Gasteiger partial charge in [-0.2, -0.15) is 13.8 Å². The Kier molecular flexibility index (Phi) is 6.04. The fraction of sp³-hybridized carbons (Fsp3) is 0.136. The summed E-state index contributed by atoms with van der Waals surface area (Å²) in [5.41, 5.74) is 7.04. The van der Waals surface area contributed by atoms with Crippen molar-refractivity contribution >= 4 is 34.8 Å². The third-order valence-corrected chi connectivity index (χ3v) is 4.74. The van der Waals surface area contributed by atoms with Gasteiger partial charge in [-0.05, 0) is 30.7 Å². The van der Waals surface area contributed by atoms with E-state index in [1.165, 1.54) is 30.6 Å². The van der Waals surface area contributed by atoms with Gasteiger partial charge < -0.3 is 15.2 Å². The summed E-state index contributed by atoms with van der Waals surface area (Å²) in [6, 6.07) is 6.76. The molecule has 12 heteroatoms. The number of amides is 3. The number of hydrogen-bond acceptors (Lipinski definition) is 8. The average molecular weight is 468 g/mol. The monoisotopic (exact) mass is 468 g/mol. The van der Waals surface area contributed by atoms with Crippen molar-refractivity contribution in [1.82, 2.24) is 15.0 Å². The van der Waals surface area contributed by atoms with Gasteiger partial charge >= 0.3 is 12.6 Å². The van der Waals surface area contributed by atoms with Gasteiger partial charge in [-0.1, -0.05) is 6.58 Å². The number of urea groups is 1. The first-order chi connectivity index (χ1) is 16.2. The SMILES string of the molecule is C=C(C)c1cc(Oc2ccnc(N)n2)ccc1N1C(=O)CN(c2cncc(OC(F)F)c2)C1=O. The Morgan fingerprint density at radius 3 is 2.68 bits per heavy atom. The molecular formula is C22H18F2N6O4. The molecule has 1 aliphatic rings. The van der Waals surface area contributed by atoms with Crippen LogP contribution in [0.3, 0.4) is 0 Å². The number of rotatable bonds is 7. The van der Waals surface area contributed by atoms with E-state index in [4.69, 9.17) is 10.5 Å². The fourth-order valence-corrected chi connectivity index (χ4v) is 3.31. The minimum Gasteiger partial charge on any atom is -0.439 e. The molecule has 174 valence electrons. The largest absolute Gasteiger partial charge is 0.439 e. The second-order valence-corrected chi connectivity index (χ2v) is 7.17. The second-order valence-electron chi connectivity index (χ2n) is 7.17. The summed E-state index contributed by atoms with van der Waals surface area (Å²) in [5, 5.41) is 0. The first kappa shape index (κ1) is 22.6. The summed E-state index contributed by atoms with van der Waals surface area (Å²) in [7, 11) is 0. The van der Waals surface area contributed by atoms with Crippen molar-refractivity contribution in [1.29, 1.82) is 0 Å². The zero-order valence-electron chi connectivity index (χ0n) is 17.8. The van der Waals surface area contributed by atoms with E-state index in [9.17, 15) is 18.4 Å². The van der Waals surface area contributed by atoms with Crippen molar-refractivity contribution in [3.63, 3.8) is 0 Å². The van der Waals surface area contributed by atoms with Crippen LogP contribution in [0, 0.1) is 0 Å². The third kappa shape index (κ3) is 4.60. The first-order valence-corrected chi connectivity index (χ1v) is 9.83. The van der Waals surface area contributed by atoms with E-state index in [0.29, 0.717) is 16.9 Å². The lowest BCUT2D eigenvalue weighted by Crippen LogP contribution is -2.33. The van der Waals surface area contributed by atoms with Crippen LogP contribution in [0.25, 0.3) is 5.57 Å². The molecule has 3 heterocycles. The number of imide groups is 1. The van der Waals surface area contributed by atoms with E-state index in [-0.39, 0.29) is 35.5 Å². The number of allylic oxidation sites excluding steroid dienone is 1.